The molecular weight excluding hydrogens is 232 g/mol. The molecule has 1 aliphatic heterocycles. The van der Waals surface area contributed by atoms with Gasteiger partial charge in [-0.15, -0.1) is 11.3 Å². The molecule has 0 radical (unpaired) electrons. The van der Waals surface area contributed by atoms with Gasteiger partial charge >= 0.3 is 0 Å². The number of hydrogen-bond acceptors (Lipinski definition) is 3. The second kappa shape index (κ2) is 5.19. The normalized spacial score (nSPS) is 18.9. The van der Waals surface area contributed by atoms with E-state index in [0.29, 0.717) is 0 Å². The van der Waals surface area contributed by atoms with Crippen LogP contribution in [-0.4, -0.2) is 24.5 Å². The van der Waals surface area contributed by atoms with Gasteiger partial charge in [0.2, 0.25) is 0 Å². The van der Waals surface area contributed by atoms with Crippen molar-refractivity contribution >= 4 is 17.2 Å². The Morgan fingerprint density at radius 1 is 1.53 bits per heavy atom. The van der Waals surface area contributed by atoms with Gasteiger partial charge in [0.15, 0.2) is 0 Å². The van der Waals surface area contributed by atoms with Crippen molar-refractivity contribution in [3.05, 3.63) is 21.9 Å². The Morgan fingerprint density at radius 2 is 2.24 bits per heavy atom. The van der Waals surface area contributed by atoms with E-state index in [9.17, 15) is 4.79 Å². The van der Waals surface area contributed by atoms with Gasteiger partial charge in [-0.05, 0) is 56.3 Å². The van der Waals surface area contributed by atoms with E-state index < -0.39 is 0 Å². The van der Waals surface area contributed by atoms with Crippen molar-refractivity contribution < 1.29 is 4.79 Å². The molecule has 0 aromatic carbocycles. The summed E-state index contributed by atoms with van der Waals surface area (Å²) in [5, 5.41) is 8.52. The summed E-state index contributed by atoms with van der Waals surface area (Å²) in [6, 6.07) is 2.05. The van der Waals surface area contributed by atoms with Crippen LogP contribution in [0.3, 0.4) is 0 Å². The number of hydrogen-bond donors (Lipinski definition) is 2. The maximum Gasteiger partial charge on any atom is 0.262 e. The van der Waals surface area contributed by atoms with Crippen LogP contribution in [0.15, 0.2) is 11.4 Å². The molecule has 0 spiro atoms. The van der Waals surface area contributed by atoms with Crippen LogP contribution in [0, 0.1) is 0 Å². The maximum atomic E-state index is 12.2. The summed E-state index contributed by atoms with van der Waals surface area (Å²) >= 11 is 1.54. The minimum atomic E-state index is -0.0443. The molecule has 0 saturated carbocycles. The highest BCUT2D eigenvalue weighted by Gasteiger charge is 2.29. The van der Waals surface area contributed by atoms with Gasteiger partial charge in [-0.1, -0.05) is 6.92 Å². The van der Waals surface area contributed by atoms with Crippen LogP contribution in [-0.2, 0) is 6.42 Å². The van der Waals surface area contributed by atoms with E-state index in [1.807, 2.05) is 11.4 Å². The molecule has 1 amide bonds. The van der Waals surface area contributed by atoms with E-state index in [1.54, 1.807) is 11.3 Å². The van der Waals surface area contributed by atoms with E-state index in [4.69, 9.17) is 0 Å². The fourth-order valence-electron chi connectivity index (χ4n) is 2.25. The van der Waals surface area contributed by atoms with Gasteiger partial charge < -0.3 is 10.6 Å². The molecule has 1 aliphatic rings. The van der Waals surface area contributed by atoms with Crippen molar-refractivity contribution in [3.8, 4) is 0 Å². The topological polar surface area (TPSA) is 41.1 Å². The number of carbonyl (C=O) groups excluding carboxylic acids is 1. The summed E-state index contributed by atoms with van der Waals surface area (Å²) < 4.78 is 0. The predicted molar refractivity (Wildman–Crippen MR) is 71.7 cm³/mol. The number of amides is 1. The summed E-state index contributed by atoms with van der Waals surface area (Å²) in [5.41, 5.74) is 1.11. The van der Waals surface area contributed by atoms with Gasteiger partial charge in [0.25, 0.3) is 5.91 Å². The molecule has 0 atom stereocenters. The molecule has 2 heterocycles. The van der Waals surface area contributed by atoms with Crippen molar-refractivity contribution in [1.82, 2.24) is 10.6 Å². The zero-order chi connectivity index (χ0) is 12.3. The first-order chi connectivity index (χ1) is 8.14. The number of carbonyl (C=O) groups is 1. The third-order valence-electron chi connectivity index (χ3n) is 3.46. The number of thiophene rings is 1. The molecule has 1 aromatic rings. The van der Waals surface area contributed by atoms with Crippen LogP contribution >= 0.6 is 11.3 Å². The first-order valence-electron chi connectivity index (χ1n) is 6.24. The molecule has 94 valence electrons. The highest BCUT2D eigenvalue weighted by Crippen LogP contribution is 2.21. The van der Waals surface area contributed by atoms with E-state index in [0.717, 1.165) is 42.8 Å². The second-order valence-electron chi connectivity index (χ2n) is 4.89. The molecule has 2 rings (SSSR count). The summed E-state index contributed by atoms with van der Waals surface area (Å²) in [6.45, 7) is 6.21. The van der Waals surface area contributed by atoms with Gasteiger partial charge in [0.1, 0.15) is 0 Å². The average Bonchev–Trinajstić information content (AvgIpc) is 2.77. The van der Waals surface area contributed by atoms with Crippen LogP contribution in [0.2, 0.25) is 0 Å². The summed E-state index contributed by atoms with van der Waals surface area (Å²) in [5.74, 6) is 0.0984. The van der Waals surface area contributed by atoms with Crippen molar-refractivity contribution in [2.24, 2.45) is 0 Å². The lowest BCUT2D eigenvalue weighted by Gasteiger charge is -2.34. The number of piperidine rings is 1. The van der Waals surface area contributed by atoms with E-state index in [-0.39, 0.29) is 11.4 Å². The van der Waals surface area contributed by atoms with E-state index in [2.05, 4.69) is 24.5 Å². The average molecular weight is 252 g/mol. The monoisotopic (exact) mass is 252 g/mol. The minimum Gasteiger partial charge on any atom is -0.346 e. The zero-order valence-corrected chi connectivity index (χ0v) is 11.3. The molecule has 3 nitrogen and oxygen atoms in total. The third kappa shape index (κ3) is 2.87. The largest absolute Gasteiger partial charge is 0.346 e. The van der Waals surface area contributed by atoms with Gasteiger partial charge in [-0.2, -0.15) is 0 Å². The highest BCUT2D eigenvalue weighted by atomic mass is 32.1. The molecule has 0 unspecified atom stereocenters. The molecule has 1 saturated heterocycles. The molecule has 4 heteroatoms. The standard InChI is InChI=1S/C13H20N2OS/c1-3-10-4-9-17-11(10)12(16)15-13(2)5-7-14-8-6-13/h4,9,14H,3,5-8H2,1-2H3,(H,15,16). The fourth-order valence-corrected chi connectivity index (χ4v) is 3.14. The van der Waals surface area contributed by atoms with E-state index >= 15 is 0 Å². The third-order valence-corrected chi connectivity index (χ3v) is 4.41. The Balaban J connectivity index is 2.06. The van der Waals surface area contributed by atoms with Crippen LogP contribution in [0.5, 0.6) is 0 Å². The van der Waals surface area contributed by atoms with Crippen LogP contribution in [0.25, 0.3) is 0 Å². The van der Waals surface area contributed by atoms with Gasteiger partial charge in [0, 0.05) is 5.54 Å². The van der Waals surface area contributed by atoms with Crippen molar-refractivity contribution in [1.29, 1.82) is 0 Å². The van der Waals surface area contributed by atoms with Crippen LogP contribution in [0.1, 0.15) is 41.9 Å². The smallest absolute Gasteiger partial charge is 0.262 e. The minimum absolute atomic E-state index is 0.0443. The molecule has 0 aliphatic carbocycles. The Kier molecular flexibility index (Phi) is 3.84. The first-order valence-corrected chi connectivity index (χ1v) is 7.12. The first kappa shape index (κ1) is 12.6. The molecule has 2 N–H and O–H groups in total. The fraction of sp³-hybridized carbons (Fsp3) is 0.615. The zero-order valence-electron chi connectivity index (χ0n) is 10.5. The lowest BCUT2D eigenvalue weighted by atomic mass is 9.90. The molecular formula is C13H20N2OS. The Morgan fingerprint density at radius 3 is 2.88 bits per heavy atom. The van der Waals surface area contributed by atoms with E-state index in [1.165, 1.54) is 0 Å². The molecule has 0 bridgehead atoms. The number of nitrogens with one attached hydrogen (secondary N) is 2. The summed E-state index contributed by atoms with van der Waals surface area (Å²) in [6.07, 6.45) is 2.93. The van der Waals surface area contributed by atoms with Crippen molar-refractivity contribution in [2.45, 2.75) is 38.6 Å². The quantitative estimate of drug-likeness (QED) is 0.865. The number of aryl methyl sites for hydroxylation is 1. The van der Waals surface area contributed by atoms with Crippen molar-refractivity contribution in [3.63, 3.8) is 0 Å². The molecule has 1 fully saturated rings. The Bertz CT molecular complexity index is 394. The second-order valence-corrected chi connectivity index (χ2v) is 5.81. The lowest BCUT2D eigenvalue weighted by molar-refractivity contribution is 0.0891. The Labute approximate surface area is 107 Å². The van der Waals surface area contributed by atoms with Gasteiger partial charge in [-0.25, -0.2) is 0 Å². The van der Waals surface area contributed by atoms with Gasteiger partial charge in [0.05, 0.1) is 4.88 Å². The lowest BCUT2D eigenvalue weighted by Crippen LogP contribution is -2.52. The predicted octanol–water partition coefficient (Wildman–Crippen LogP) is 2.18. The molecule has 1 aromatic heterocycles. The molecule has 17 heavy (non-hydrogen) atoms. The Hall–Kier alpha value is -0.870. The summed E-state index contributed by atoms with van der Waals surface area (Å²) in [7, 11) is 0. The summed E-state index contributed by atoms with van der Waals surface area (Å²) in [4.78, 5) is 13.1. The SMILES string of the molecule is CCc1ccsc1C(=O)NC1(C)CCNCC1. The van der Waals surface area contributed by atoms with Crippen LogP contribution < -0.4 is 10.6 Å². The number of rotatable bonds is 3. The maximum absolute atomic E-state index is 12.2. The van der Waals surface area contributed by atoms with Gasteiger partial charge in [-0.3, -0.25) is 4.79 Å². The highest BCUT2D eigenvalue weighted by molar-refractivity contribution is 7.12. The van der Waals surface area contributed by atoms with Crippen molar-refractivity contribution in [2.75, 3.05) is 13.1 Å². The van der Waals surface area contributed by atoms with Crippen LogP contribution in [0.4, 0.5) is 0 Å².